The van der Waals surface area contributed by atoms with E-state index < -0.39 is 28.9 Å². The molecule has 0 aromatic heterocycles. The minimum Gasteiger partial charge on any atom is -0.326 e. The Labute approximate surface area is 130 Å². The van der Waals surface area contributed by atoms with Crippen molar-refractivity contribution in [2.24, 2.45) is 0 Å². The molecule has 4 nitrogen and oxygen atoms in total. The van der Waals surface area contributed by atoms with Crippen LogP contribution < -0.4 is 10.2 Å². The third kappa shape index (κ3) is 3.50. The van der Waals surface area contributed by atoms with Gasteiger partial charge in [0.05, 0.1) is 5.56 Å². The van der Waals surface area contributed by atoms with E-state index in [1.54, 1.807) is 12.1 Å². The van der Waals surface area contributed by atoms with Gasteiger partial charge in [-0.2, -0.15) is 0 Å². The second-order valence-corrected chi connectivity index (χ2v) is 4.82. The van der Waals surface area contributed by atoms with Gasteiger partial charge in [0.1, 0.15) is 0 Å². The molecular formula is C16H13F3N2O2. The van der Waals surface area contributed by atoms with Gasteiger partial charge in [-0.25, -0.2) is 13.2 Å². The molecule has 0 spiro atoms. The highest BCUT2D eigenvalue weighted by Gasteiger charge is 2.22. The summed E-state index contributed by atoms with van der Waals surface area (Å²) in [5.41, 5.74) is 0.353. The van der Waals surface area contributed by atoms with E-state index in [2.05, 4.69) is 5.32 Å². The van der Waals surface area contributed by atoms with Crippen molar-refractivity contribution >= 4 is 23.2 Å². The summed E-state index contributed by atoms with van der Waals surface area (Å²) in [6.07, 6.45) is 0. The fraction of sp³-hybridized carbons (Fsp3) is 0.125. The van der Waals surface area contributed by atoms with Crippen LogP contribution in [0.3, 0.4) is 0 Å². The number of hydrogen-bond acceptors (Lipinski definition) is 2. The van der Waals surface area contributed by atoms with Crippen molar-refractivity contribution in [3.8, 4) is 0 Å². The molecule has 2 aromatic rings. The fourth-order valence-corrected chi connectivity index (χ4v) is 1.96. The Kier molecular flexibility index (Phi) is 4.68. The summed E-state index contributed by atoms with van der Waals surface area (Å²) in [6, 6.07) is 7.75. The lowest BCUT2D eigenvalue weighted by atomic mass is 10.1. The van der Waals surface area contributed by atoms with Gasteiger partial charge in [-0.15, -0.1) is 0 Å². The molecule has 0 unspecified atom stereocenters. The maximum Gasteiger partial charge on any atom is 0.261 e. The van der Waals surface area contributed by atoms with Crippen molar-refractivity contribution in [3.63, 3.8) is 0 Å². The second kappa shape index (κ2) is 6.51. The zero-order valence-corrected chi connectivity index (χ0v) is 12.4. The summed E-state index contributed by atoms with van der Waals surface area (Å²) >= 11 is 0. The fourth-order valence-electron chi connectivity index (χ4n) is 1.96. The highest BCUT2D eigenvalue weighted by molar-refractivity contribution is 6.06. The van der Waals surface area contributed by atoms with Crippen molar-refractivity contribution in [3.05, 3.63) is 59.4 Å². The first-order valence-corrected chi connectivity index (χ1v) is 6.60. The minimum absolute atomic E-state index is 0.244. The maximum absolute atomic E-state index is 13.7. The zero-order chi connectivity index (χ0) is 17.1. The largest absolute Gasteiger partial charge is 0.326 e. The highest BCUT2D eigenvalue weighted by atomic mass is 19.2. The Morgan fingerprint density at radius 3 is 2.13 bits per heavy atom. The number of carbonyl (C=O) groups is 2. The molecule has 23 heavy (non-hydrogen) atoms. The molecule has 0 saturated heterocycles. The van der Waals surface area contributed by atoms with Crippen LogP contribution in [0.2, 0.25) is 0 Å². The van der Waals surface area contributed by atoms with E-state index in [4.69, 9.17) is 0 Å². The van der Waals surface area contributed by atoms with E-state index in [1.807, 2.05) is 0 Å². The third-order valence-corrected chi connectivity index (χ3v) is 3.15. The molecule has 0 aliphatic heterocycles. The molecule has 2 rings (SSSR count). The number of hydrogen-bond donors (Lipinski definition) is 1. The van der Waals surface area contributed by atoms with Crippen LogP contribution in [0.5, 0.6) is 0 Å². The number of rotatable bonds is 3. The molecule has 0 radical (unpaired) electrons. The molecule has 0 aliphatic carbocycles. The lowest BCUT2D eigenvalue weighted by molar-refractivity contribution is -0.114. The number of nitrogens with zero attached hydrogens (tertiary/aromatic N) is 1. The molecule has 2 amide bonds. The van der Waals surface area contributed by atoms with Crippen molar-refractivity contribution in [1.82, 2.24) is 0 Å². The summed E-state index contributed by atoms with van der Waals surface area (Å²) in [7, 11) is 1.37. The molecule has 0 aliphatic rings. The van der Waals surface area contributed by atoms with E-state index in [-0.39, 0.29) is 5.91 Å². The molecule has 0 bridgehead atoms. The first-order chi connectivity index (χ1) is 10.8. The van der Waals surface area contributed by atoms with Gasteiger partial charge in [0.15, 0.2) is 17.5 Å². The van der Waals surface area contributed by atoms with Gasteiger partial charge in [0.2, 0.25) is 5.91 Å². The van der Waals surface area contributed by atoms with E-state index in [1.165, 1.54) is 26.1 Å². The van der Waals surface area contributed by atoms with Gasteiger partial charge < -0.3 is 10.2 Å². The van der Waals surface area contributed by atoms with Crippen LogP contribution in [0.1, 0.15) is 17.3 Å². The van der Waals surface area contributed by atoms with Crippen LogP contribution in [0.25, 0.3) is 0 Å². The molecular weight excluding hydrogens is 309 g/mol. The molecule has 7 heteroatoms. The van der Waals surface area contributed by atoms with Gasteiger partial charge in [-0.05, 0) is 36.4 Å². The van der Waals surface area contributed by atoms with Crippen LogP contribution in [0, 0.1) is 17.5 Å². The second-order valence-electron chi connectivity index (χ2n) is 4.82. The Balaban J connectivity index is 2.26. The summed E-state index contributed by atoms with van der Waals surface area (Å²) in [5, 5.41) is 2.56. The van der Waals surface area contributed by atoms with E-state index in [9.17, 15) is 22.8 Å². The number of nitrogens with one attached hydrogen (secondary N) is 1. The van der Waals surface area contributed by atoms with Gasteiger partial charge in [0, 0.05) is 25.3 Å². The minimum atomic E-state index is -1.69. The van der Waals surface area contributed by atoms with Crippen molar-refractivity contribution in [2.75, 3.05) is 17.3 Å². The van der Waals surface area contributed by atoms with Crippen molar-refractivity contribution < 1.29 is 22.8 Å². The number of amides is 2. The molecule has 0 atom stereocenters. The van der Waals surface area contributed by atoms with Gasteiger partial charge >= 0.3 is 0 Å². The predicted octanol–water partition coefficient (Wildman–Crippen LogP) is 3.34. The number of carbonyl (C=O) groups excluding carboxylic acids is 2. The number of anilines is 2. The van der Waals surface area contributed by atoms with Gasteiger partial charge in [0.25, 0.3) is 5.91 Å². The van der Waals surface area contributed by atoms with Crippen LogP contribution in [0.4, 0.5) is 24.5 Å². The first-order valence-electron chi connectivity index (χ1n) is 6.60. The normalized spacial score (nSPS) is 10.3. The first kappa shape index (κ1) is 16.5. The van der Waals surface area contributed by atoms with E-state index in [0.717, 1.165) is 11.0 Å². The van der Waals surface area contributed by atoms with Crippen LogP contribution in [-0.2, 0) is 4.79 Å². The Morgan fingerprint density at radius 2 is 1.57 bits per heavy atom. The third-order valence-electron chi connectivity index (χ3n) is 3.15. The van der Waals surface area contributed by atoms with Crippen LogP contribution >= 0.6 is 0 Å². The zero-order valence-electron chi connectivity index (χ0n) is 12.4. The average molecular weight is 322 g/mol. The monoisotopic (exact) mass is 322 g/mol. The molecule has 1 N–H and O–H groups in total. The van der Waals surface area contributed by atoms with Crippen molar-refractivity contribution in [2.45, 2.75) is 6.92 Å². The Hall–Kier alpha value is -2.83. The maximum atomic E-state index is 13.7. The summed E-state index contributed by atoms with van der Waals surface area (Å²) in [5.74, 6) is -5.65. The summed E-state index contributed by atoms with van der Waals surface area (Å²) in [6.45, 7) is 1.36. The van der Waals surface area contributed by atoms with E-state index >= 15 is 0 Å². The molecule has 0 fully saturated rings. The number of benzene rings is 2. The van der Waals surface area contributed by atoms with Crippen molar-refractivity contribution in [1.29, 1.82) is 0 Å². The molecule has 0 saturated carbocycles. The highest BCUT2D eigenvalue weighted by Crippen LogP contribution is 2.21. The van der Waals surface area contributed by atoms with E-state index in [0.29, 0.717) is 17.4 Å². The Morgan fingerprint density at radius 1 is 0.957 bits per heavy atom. The van der Waals surface area contributed by atoms with Gasteiger partial charge in [-0.3, -0.25) is 9.59 Å². The van der Waals surface area contributed by atoms with Crippen LogP contribution in [-0.4, -0.2) is 18.9 Å². The topological polar surface area (TPSA) is 49.4 Å². The summed E-state index contributed by atoms with van der Waals surface area (Å²) in [4.78, 5) is 24.2. The summed E-state index contributed by atoms with van der Waals surface area (Å²) < 4.78 is 39.8. The van der Waals surface area contributed by atoms with Gasteiger partial charge in [-0.1, -0.05) is 0 Å². The lowest BCUT2D eigenvalue weighted by Crippen LogP contribution is -2.27. The smallest absolute Gasteiger partial charge is 0.261 e. The Bertz CT molecular complexity index is 761. The average Bonchev–Trinajstić information content (AvgIpc) is 2.52. The lowest BCUT2D eigenvalue weighted by Gasteiger charge is -2.18. The quantitative estimate of drug-likeness (QED) is 0.881. The van der Waals surface area contributed by atoms with Crippen LogP contribution in [0.15, 0.2) is 36.4 Å². The predicted molar refractivity (Wildman–Crippen MR) is 79.8 cm³/mol. The molecule has 120 valence electrons. The molecule has 0 heterocycles. The SMILES string of the molecule is CC(=O)Nc1ccc(N(C)C(=O)c2ccc(F)c(F)c2F)cc1. The number of halogens is 3. The standard InChI is InChI=1S/C16H13F3N2O2/c1-9(22)20-10-3-5-11(6-4-10)21(2)16(23)12-7-8-13(17)15(19)14(12)18/h3-8H,1-2H3,(H,20,22). The molecule has 2 aromatic carbocycles.